The third kappa shape index (κ3) is 6.33. The molecule has 2 heterocycles. The Hall–Kier alpha value is -0.970. The van der Waals surface area contributed by atoms with Crippen LogP contribution in [0, 0.1) is 11.8 Å². The van der Waals surface area contributed by atoms with E-state index in [2.05, 4.69) is 0 Å². The molecule has 2 saturated heterocycles. The molecule has 4 rings (SSSR count). The first-order valence-corrected chi connectivity index (χ1v) is 13.3. The molecule has 0 bridgehead atoms. The van der Waals surface area contributed by atoms with Crippen molar-refractivity contribution in [3.63, 3.8) is 0 Å². The van der Waals surface area contributed by atoms with Crippen LogP contribution in [0.15, 0.2) is 0 Å². The summed E-state index contributed by atoms with van der Waals surface area (Å²) in [6.07, 6.45) is -10.1. The molecule has 0 aromatic carbocycles. The Labute approximate surface area is 221 Å². The van der Waals surface area contributed by atoms with Gasteiger partial charge in [0, 0.05) is 39.9 Å². The average molecular weight is 552 g/mol. The van der Waals surface area contributed by atoms with Gasteiger partial charge >= 0.3 is 5.97 Å². The highest BCUT2D eigenvalue weighted by atomic mass is 16.7. The molecule has 4 fully saturated rings. The van der Waals surface area contributed by atoms with Crippen molar-refractivity contribution in [3.8, 4) is 0 Å². The smallest absolute Gasteiger partial charge is 0.302 e. The summed E-state index contributed by atoms with van der Waals surface area (Å²) in [6.45, 7) is 0.860. The highest BCUT2D eigenvalue weighted by Gasteiger charge is 2.56. The first-order valence-electron chi connectivity index (χ1n) is 13.3. The fraction of sp³-hybridized carbons (Fsp3) is 0.960. The summed E-state index contributed by atoms with van der Waals surface area (Å²) in [5.41, 5.74) is 0. The van der Waals surface area contributed by atoms with Gasteiger partial charge in [-0.3, -0.25) is 4.79 Å². The van der Waals surface area contributed by atoms with Gasteiger partial charge in [0.2, 0.25) is 0 Å². The van der Waals surface area contributed by atoms with Crippen LogP contribution >= 0.6 is 0 Å². The summed E-state index contributed by atoms with van der Waals surface area (Å²) in [6, 6.07) is 0. The van der Waals surface area contributed by atoms with Gasteiger partial charge in [0.15, 0.2) is 18.5 Å². The van der Waals surface area contributed by atoms with E-state index in [1.807, 2.05) is 0 Å². The summed E-state index contributed by atoms with van der Waals surface area (Å²) < 4.78 is 33.0. The Bertz CT molecular complexity index is 770. The van der Waals surface area contributed by atoms with Crippen LogP contribution < -0.4 is 0 Å². The van der Waals surface area contributed by atoms with Crippen LogP contribution in [0.5, 0.6) is 0 Å². The minimum atomic E-state index is -1.61. The molecule has 13 atom stereocenters. The van der Waals surface area contributed by atoms with Gasteiger partial charge in [-0.2, -0.15) is 0 Å². The van der Waals surface area contributed by atoms with Crippen LogP contribution in [0.4, 0.5) is 0 Å². The molecule has 4 aliphatic rings. The van der Waals surface area contributed by atoms with Crippen molar-refractivity contribution in [2.75, 3.05) is 20.8 Å². The molecule has 0 amide bonds. The van der Waals surface area contributed by atoms with Crippen molar-refractivity contribution in [3.05, 3.63) is 0 Å². The van der Waals surface area contributed by atoms with Gasteiger partial charge < -0.3 is 59.1 Å². The van der Waals surface area contributed by atoms with E-state index in [9.17, 15) is 35.4 Å². The highest BCUT2D eigenvalue weighted by molar-refractivity contribution is 5.65. The number of ether oxygens (including phenoxy) is 6. The van der Waals surface area contributed by atoms with E-state index < -0.39 is 79.4 Å². The predicted octanol–water partition coefficient (Wildman–Crippen LogP) is -2.66. The summed E-state index contributed by atoms with van der Waals surface area (Å²) in [5, 5.41) is 63.1. The van der Waals surface area contributed by atoms with E-state index in [4.69, 9.17) is 28.4 Å². The quantitative estimate of drug-likeness (QED) is 0.142. The van der Waals surface area contributed by atoms with E-state index in [-0.39, 0.29) is 31.0 Å². The number of rotatable bonds is 7. The van der Waals surface area contributed by atoms with Crippen LogP contribution in [0.2, 0.25) is 0 Å². The first kappa shape index (κ1) is 30.0. The van der Waals surface area contributed by atoms with Crippen molar-refractivity contribution >= 4 is 5.97 Å². The summed E-state index contributed by atoms with van der Waals surface area (Å²) in [7, 11) is 3.03. The van der Waals surface area contributed by atoms with E-state index in [0.717, 1.165) is 0 Å². The van der Waals surface area contributed by atoms with Gasteiger partial charge in [-0.25, -0.2) is 0 Å². The second kappa shape index (κ2) is 12.7. The van der Waals surface area contributed by atoms with Gasteiger partial charge in [0.1, 0.15) is 43.2 Å². The van der Waals surface area contributed by atoms with E-state index in [1.54, 1.807) is 0 Å². The van der Waals surface area contributed by atoms with Crippen molar-refractivity contribution in [2.24, 2.45) is 11.8 Å². The predicted molar refractivity (Wildman–Crippen MR) is 128 cm³/mol. The Morgan fingerprint density at radius 3 is 2.11 bits per heavy atom. The molecule has 7 N–H and O–H groups in total. The molecule has 2 saturated carbocycles. The number of aliphatic hydroxyl groups excluding tert-OH is 6. The molecule has 13 nitrogen and oxygen atoms in total. The van der Waals surface area contributed by atoms with Crippen LogP contribution in [-0.4, -0.2) is 142 Å². The lowest BCUT2D eigenvalue weighted by molar-refractivity contribution is -0.357. The average Bonchev–Trinajstić information content (AvgIpc) is 2.88. The summed E-state index contributed by atoms with van der Waals surface area (Å²) in [4.78, 5) is 11.3. The summed E-state index contributed by atoms with van der Waals surface area (Å²) in [5.74, 6) is -1.05. The Morgan fingerprint density at radius 1 is 0.842 bits per heavy atom. The highest BCUT2D eigenvalue weighted by Crippen LogP contribution is 2.42. The number of carbonyl (C=O) groups is 1. The molecule has 2 aliphatic carbocycles. The number of esters is 1. The number of carbonyl (C=O) groups excluding carboxylic acids is 1. The first-order chi connectivity index (χ1) is 18.0. The van der Waals surface area contributed by atoms with Crippen molar-refractivity contribution in [2.45, 2.75) is 119 Å². The zero-order chi connectivity index (χ0) is 27.7. The zero-order valence-electron chi connectivity index (χ0n) is 22.0. The topological polar surface area (TPSA) is 197 Å². The number of aliphatic hydroxyl groups is 8. The fourth-order valence-electron chi connectivity index (χ4n) is 6.53. The molecular formula is C25H43O13+. The SMILES string of the molecule is COC1CC(C2[OH+]C3CC(O)CC(O)C3CC2OC2OC(COC(C)=O)C(O)C(O)C2O)CC(OC)C1O. The molecule has 0 aromatic rings. The standard InChI is InChI=1S/C25H42O13/c1-10(26)35-9-19-21(30)22(31)23(32)25(38-19)37-18-8-13-14(28)6-12(27)7-15(13)36-24(18)11-4-16(33-2)20(29)17(5-11)34-3/h11-25,27-32H,4-9H2,1-3H3/p+1. The number of fused-ring (bicyclic) bond motifs is 1. The van der Waals surface area contributed by atoms with Crippen molar-refractivity contribution in [1.82, 2.24) is 0 Å². The van der Waals surface area contributed by atoms with Gasteiger partial charge in [0.25, 0.3) is 0 Å². The summed E-state index contributed by atoms with van der Waals surface area (Å²) >= 11 is 0. The minimum Gasteiger partial charge on any atom is -0.463 e. The van der Waals surface area contributed by atoms with Crippen molar-refractivity contribution in [1.29, 1.82) is 0 Å². The maximum absolute atomic E-state index is 11.3. The second-order valence-corrected chi connectivity index (χ2v) is 11.1. The third-order valence-corrected chi connectivity index (χ3v) is 8.61. The molecule has 0 radical (unpaired) electrons. The molecule has 0 aromatic heterocycles. The van der Waals surface area contributed by atoms with Crippen LogP contribution in [0.3, 0.4) is 0 Å². The van der Waals surface area contributed by atoms with E-state index in [0.29, 0.717) is 25.7 Å². The zero-order valence-corrected chi connectivity index (χ0v) is 22.0. The molecule has 2 aliphatic heterocycles. The molecule has 220 valence electrons. The van der Waals surface area contributed by atoms with Crippen LogP contribution in [0.25, 0.3) is 0 Å². The normalized spacial score (nSPS) is 49.8. The lowest BCUT2D eigenvalue weighted by Crippen LogP contribution is -2.63. The van der Waals surface area contributed by atoms with Crippen LogP contribution in [-0.2, 0) is 28.5 Å². The van der Waals surface area contributed by atoms with E-state index in [1.165, 1.54) is 21.1 Å². The Balaban J connectivity index is 1.57. The maximum Gasteiger partial charge on any atom is 0.302 e. The largest absolute Gasteiger partial charge is 0.463 e. The van der Waals surface area contributed by atoms with Gasteiger partial charge in [-0.15, -0.1) is 0 Å². The fourth-order valence-corrected chi connectivity index (χ4v) is 6.53. The lowest BCUT2D eigenvalue weighted by Gasteiger charge is -2.49. The second-order valence-electron chi connectivity index (χ2n) is 11.1. The molecule has 13 unspecified atom stereocenters. The third-order valence-electron chi connectivity index (χ3n) is 8.61. The number of methoxy groups -OCH3 is 2. The molecular weight excluding hydrogens is 508 g/mol. The van der Waals surface area contributed by atoms with Crippen LogP contribution in [0.1, 0.15) is 39.0 Å². The molecule has 13 heteroatoms. The van der Waals surface area contributed by atoms with Gasteiger partial charge in [-0.1, -0.05) is 0 Å². The van der Waals surface area contributed by atoms with Gasteiger partial charge in [-0.05, 0) is 19.3 Å². The monoisotopic (exact) mass is 551 g/mol. The Kier molecular flexibility index (Phi) is 10.0. The number of hydrogen-bond acceptors (Lipinski definition) is 12. The van der Waals surface area contributed by atoms with Gasteiger partial charge in [0.05, 0.1) is 30.3 Å². The number of hydrogen-bond donors (Lipinski definition) is 6. The molecule has 0 spiro atoms. The Morgan fingerprint density at radius 2 is 1.50 bits per heavy atom. The molecule has 38 heavy (non-hydrogen) atoms. The van der Waals surface area contributed by atoms with Crippen molar-refractivity contribution < 1.29 is 63.9 Å². The lowest BCUT2D eigenvalue weighted by atomic mass is 9.72. The van der Waals surface area contributed by atoms with E-state index >= 15 is 0 Å². The minimum absolute atomic E-state index is 0.163. The maximum atomic E-state index is 11.3.